The fraction of sp³-hybridized carbons (Fsp3) is 0.462. The second-order valence-corrected chi connectivity index (χ2v) is 4.59. The molecule has 0 saturated carbocycles. The molecule has 4 heteroatoms. The van der Waals surface area contributed by atoms with Gasteiger partial charge in [0, 0.05) is 24.6 Å². The quantitative estimate of drug-likeness (QED) is 0.810. The molecule has 2 rings (SSSR count). The maximum atomic E-state index is 12.1. The summed E-state index contributed by atoms with van der Waals surface area (Å²) in [6.45, 7) is 3.06. The summed E-state index contributed by atoms with van der Waals surface area (Å²) in [6.07, 6.45) is 0.481. The number of hydrogen-bond acceptors (Lipinski definition) is 3. The number of aromatic hydroxyl groups is 1. The first-order chi connectivity index (χ1) is 8.08. The SMILES string of the molecule is CC(O)C1CCN(C(=O)c2ccc(O)cc2)C1. The Kier molecular flexibility index (Phi) is 3.33. The van der Waals surface area contributed by atoms with Crippen LogP contribution < -0.4 is 0 Å². The van der Waals surface area contributed by atoms with E-state index >= 15 is 0 Å². The van der Waals surface area contributed by atoms with Crippen LogP contribution in [-0.4, -0.2) is 40.2 Å². The summed E-state index contributed by atoms with van der Waals surface area (Å²) in [7, 11) is 0. The number of rotatable bonds is 2. The maximum absolute atomic E-state index is 12.1. The van der Waals surface area contributed by atoms with E-state index in [4.69, 9.17) is 5.11 Å². The van der Waals surface area contributed by atoms with Crippen molar-refractivity contribution in [3.63, 3.8) is 0 Å². The van der Waals surface area contributed by atoms with Gasteiger partial charge >= 0.3 is 0 Å². The molecule has 92 valence electrons. The minimum absolute atomic E-state index is 0.0341. The third kappa shape index (κ3) is 2.58. The van der Waals surface area contributed by atoms with Crippen LogP contribution in [-0.2, 0) is 0 Å². The zero-order chi connectivity index (χ0) is 12.4. The summed E-state index contributed by atoms with van der Waals surface area (Å²) in [4.78, 5) is 13.8. The van der Waals surface area contributed by atoms with Gasteiger partial charge in [0.2, 0.25) is 0 Å². The first-order valence-corrected chi connectivity index (χ1v) is 5.84. The van der Waals surface area contributed by atoms with Gasteiger partial charge < -0.3 is 15.1 Å². The highest BCUT2D eigenvalue weighted by molar-refractivity contribution is 5.94. The Morgan fingerprint density at radius 3 is 2.59 bits per heavy atom. The Hall–Kier alpha value is -1.55. The zero-order valence-electron chi connectivity index (χ0n) is 9.84. The normalized spacial score (nSPS) is 21.5. The number of hydrogen-bond donors (Lipinski definition) is 2. The molecule has 1 heterocycles. The molecule has 0 aromatic heterocycles. The number of phenolic OH excluding ortho intramolecular Hbond substituents is 1. The molecular formula is C13H17NO3. The highest BCUT2D eigenvalue weighted by Crippen LogP contribution is 2.22. The maximum Gasteiger partial charge on any atom is 0.253 e. The molecule has 0 radical (unpaired) electrons. The van der Waals surface area contributed by atoms with E-state index in [1.54, 1.807) is 24.0 Å². The van der Waals surface area contributed by atoms with Crippen LogP contribution in [0.1, 0.15) is 23.7 Å². The molecular weight excluding hydrogens is 218 g/mol. The van der Waals surface area contributed by atoms with Crippen LogP contribution in [0, 0.1) is 5.92 Å². The van der Waals surface area contributed by atoms with Crippen molar-refractivity contribution >= 4 is 5.91 Å². The standard InChI is InChI=1S/C13H17NO3/c1-9(15)11-6-7-14(8-11)13(17)10-2-4-12(16)5-3-10/h2-5,9,11,15-16H,6-8H2,1H3. The second-order valence-electron chi connectivity index (χ2n) is 4.59. The van der Waals surface area contributed by atoms with E-state index in [1.165, 1.54) is 12.1 Å². The molecule has 4 nitrogen and oxygen atoms in total. The number of carbonyl (C=O) groups is 1. The van der Waals surface area contributed by atoms with E-state index in [-0.39, 0.29) is 23.7 Å². The van der Waals surface area contributed by atoms with Crippen molar-refractivity contribution in [1.82, 2.24) is 4.90 Å². The average molecular weight is 235 g/mol. The van der Waals surface area contributed by atoms with Crippen molar-refractivity contribution < 1.29 is 15.0 Å². The lowest BCUT2D eigenvalue weighted by molar-refractivity contribution is 0.0762. The summed E-state index contributed by atoms with van der Waals surface area (Å²) in [6, 6.07) is 6.26. The molecule has 1 aromatic carbocycles. The topological polar surface area (TPSA) is 60.8 Å². The fourth-order valence-electron chi connectivity index (χ4n) is 2.15. The van der Waals surface area contributed by atoms with E-state index in [0.29, 0.717) is 18.7 Å². The molecule has 1 amide bonds. The number of carbonyl (C=O) groups excluding carboxylic acids is 1. The molecule has 1 aromatic rings. The van der Waals surface area contributed by atoms with Crippen molar-refractivity contribution in [1.29, 1.82) is 0 Å². The molecule has 1 aliphatic rings. The van der Waals surface area contributed by atoms with Gasteiger partial charge in [0.1, 0.15) is 5.75 Å². The van der Waals surface area contributed by atoms with Crippen molar-refractivity contribution in [2.45, 2.75) is 19.4 Å². The van der Waals surface area contributed by atoms with Gasteiger partial charge in [-0.1, -0.05) is 0 Å². The second kappa shape index (κ2) is 4.75. The minimum Gasteiger partial charge on any atom is -0.508 e. The van der Waals surface area contributed by atoms with E-state index in [9.17, 15) is 9.90 Å². The van der Waals surface area contributed by atoms with E-state index in [2.05, 4.69) is 0 Å². The Morgan fingerprint density at radius 1 is 1.41 bits per heavy atom. The van der Waals surface area contributed by atoms with E-state index < -0.39 is 0 Å². The summed E-state index contributed by atoms with van der Waals surface area (Å²) < 4.78 is 0. The van der Waals surface area contributed by atoms with Crippen LogP contribution in [0.15, 0.2) is 24.3 Å². The smallest absolute Gasteiger partial charge is 0.253 e. The molecule has 0 spiro atoms. The van der Waals surface area contributed by atoms with Gasteiger partial charge in [0.25, 0.3) is 5.91 Å². The third-order valence-electron chi connectivity index (χ3n) is 3.31. The lowest BCUT2D eigenvalue weighted by Gasteiger charge is -2.17. The van der Waals surface area contributed by atoms with Gasteiger partial charge in [-0.3, -0.25) is 4.79 Å². The van der Waals surface area contributed by atoms with Gasteiger partial charge in [-0.15, -0.1) is 0 Å². The van der Waals surface area contributed by atoms with Crippen molar-refractivity contribution in [2.75, 3.05) is 13.1 Å². The highest BCUT2D eigenvalue weighted by Gasteiger charge is 2.29. The van der Waals surface area contributed by atoms with E-state index in [1.807, 2.05) is 0 Å². The highest BCUT2D eigenvalue weighted by atomic mass is 16.3. The Morgan fingerprint density at radius 2 is 2.06 bits per heavy atom. The number of benzene rings is 1. The number of phenols is 1. The Labute approximate surface area is 100 Å². The summed E-state index contributed by atoms with van der Waals surface area (Å²) in [5.74, 6) is 0.300. The number of aliphatic hydroxyl groups is 1. The number of nitrogens with zero attached hydrogens (tertiary/aromatic N) is 1. The molecule has 1 saturated heterocycles. The molecule has 2 atom stereocenters. The lowest BCUT2D eigenvalue weighted by atomic mass is 10.0. The van der Waals surface area contributed by atoms with Gasteiger partial charge in [0.15, 0.2) is 0 Å². The summed E-state index contributed by atoms with van der Waals surface area (Å²) in [5.41, 5.74) is 0.578. The largest absolute Gasteiger partial charge is 0.508 e. The van der Waals surface area contributed by atoms with Gasteiger partial charge in [-0.2, -0.15) is 0 Å². The molecule has 0 bridgehead atoms. The molecule has 17 heavy (non-hydrogen) atoms. The van der Waals surface area contributed by atoms with Crippen LogP contribution in [0.3, 0.4) is 0 Å². The molecule has 1 fully saturated rings. The minimum atomic E-state index is -0.368. The first-order valence-electron chi connectivity index (χ1n) is 5.84. The van der Waals surface area contributed by atoms with Crippen molar-refractivity contribution in [3.8, 4) is 5.75 Å². The van der Waals surface area contributed by atoms with Gasteiger partial charge in [-0.05, 0) is 37.6 Å². The molecule has 1 aliphatic heterocycles. The van der Waals surface area contributed by atoms with Crippen molar-refractivity contribution in [3.05, 3.63) is 29.8 Å². The average Bonchev–Trinajstić information content (AvgIpc) is 2.78. The monoisotopic (exact) mass is 235 g/mol. The summed E-state index contributed by atoms with van der Waals surface area (Å²) in [5, 5.41) is 18.6. The zero-order valence-corrected chi connectivity index (χ0v) is 9.84. The van der Waals surface area contributed by atoms with Crippen molar-refractivity contribution in [2.24, 2.45) is 5.92 Å². The molecule has 0 aliphatic carbocycles. The lowest BCUT2D eigenvalue weighted by Crippen LogP contribution is -2.30. The molecule has 2 unspecified atom stereocenters. The number of aliphatic hydroxyl groups excluding tert-OH is 1. The number of likely N-dealkylation sites (tertiary alicyclic amines) is 1. The van der Waals surface area contributed by atoms with Gasteiger partial charge in [-0.25, -0.2) is 0 Å². The Bertz CT molecular complexity index is 400. The number of amides is 1. The van der Waals surface area contributed by atoms with Crippen LogP contribution in [0.5, 0.6) is 5.75 Å². The predicted octanol–water partition coefficient (Wildman–Crippen LogP) is 1.24. The third-order valence-corrected chi connectivity index (χ3v) is 3.31. The van der Waals surface area contributed by atoms with Crippen LogP contribution in [0.25, 0.3) is 0 Å². The van der Waals surface area contributed by atoms with Crippen LogP contribution >= 0.6 is 0 Å². The van der Waals surface area contributed by atoms with Crippen LogP contribution in [0.4, 0.5) is 0 Å². The van der Waals surface area contributed by atoms with Crippen LogP contribution in [0.2, 0.25) is 0 Å². The van der Waals surface area contributed by atoms with E-state index in [0.717, 1.165) is 6.42 Å². The first kappa shape index (κ1) is 11.9. The fourth-order valence-corrected chi connectivity index (χ4v) is 2.15. The predicted molar refractivity (Wildman–Crippen MR) is 63.8 cm³/mol. The molecule has 2 N–H and O–H groups in total. The Balaban J connectivity index is 2.04. The summed E-state index contributed by atoms with van der Waals surface area (Å²) >= 11 is 0. The van der Waals surface area contributed by atoms with Gasteiger partial charge in [0.05, 0.1) is 6.10 Å².